The Morgan fingerprint density at radius 3 is 2.43 bits per heavy atom. The van der Waals surface area contributed by atoms with E-state index in [2.05, 4.69) is 6.07 Å². The van der Waals surface area contributed by atoms with Crippen LogP contribution in [0.15, 0.2) is 47.4 Å². The number of hydrogen-bond acceptors (Lipinski definition) is 3. The molecule has 2 aliphatic carbocycles. The third kappa shape index (κ3) is 3.65. The maximum Gasteiger partial charge on any atom is 0.257 e. The van der Waals surface area contributed by atoms with Gasteiger partial charge in [-0.25, -0.2) is 12.8 Å². The van der Waals surface area contributed by atoms with Crippen LogP contribution >= 0.6 is 0 Å². The molecular weight excluding hydrogens is 403 g/mol. The summed E-state index contributed by atoms with van der Waals surface area (Å²) in [5, 5.41) is 0. The number of sulfonamides is 1. The largest absolute Gasteiger partial charge is 0.329 e. The number of rotatable bonds is 7. The lowest BCUT2D eigenvalue weighted by molar-refractivity contribution is 0.0653. The van der Waals surface area contributed by atoms with E-state index < -0.39 is 21.7 Å². The molecule has 5 nitrogen and oxygen atoms in total. The molecule has 2 aliphatic rings. The molecule has 0 spiro atoms. The number of amides is 1. The van der Waals surface area contributed by atoms with Crippen LogP contribution in [0.1, 0.15) is 60.6 Å². The van der Waals surface area contributed by atoms with Crippen molar-refractivity contribution < 1.29 is 17.6 Å². The molecule has 1 unspecified atom stereocenters. The van der Waals surface area contributed by atoms with Gasteiger partial charge in [-0.2, -0.15) is 4.31 Å². The summed E-state index contributed by atoms with van der Waals surface area (Å²) in [5.74, 6) is -1.11. The van der Waals surface area contributed by atoms with Crippen molar-refractivity contribution in [3.63, 3.8) is 0 Å². The van der Waals surface area contributed by atoms with E-state index in [0.29, 0.717) is 13.1 Å². The van der Waals surface area contributed by atoms with Crippen molar-refractivity contribution in [2.24, 2.45) is 0 Å². The highest BCUT2D eigenvalue weighted by molar-refractivity contribution is 7.89. The van der Waals surface area contributed by atoms with Crippen molar-refractivity contribution in [3.8, 4) is 0 Å². The Balaban J connectivity index is 1.72. The zero-order chi connectivity index (χ0) is 21.5. The van der Waals surface area contributed by atoms with Gasteiger partial charge in [0.1, 0.15) is 5.82 Å². The average molecular weight is 431 g/mol. The maximum absolute atomic E-state index is 14.7. The minimum atomic E-state index is -3.78. The van der Waals surface area contributed by atoms with E-state index in [1.807, 2.05) is 18.2 Å². The first kappa shape index (κ1) is 21.0. The predicted molar refractivity (Wildman–Crippen MR) is 113 cm³/mol. The summed E-state index contributed by atoms with van der Waals surface area (Å²) in [6.07, 6.45) is 3.48. The summed E-state index contributed by atoms with van der Waals surface area (Å²) < 4.78 is 41.8. The Hall–Kier alpha value is -2.25. The fourth-order valence-corrected chi connectivity index (χ4v) is 5.90. The summed E-state index contributed by atoms with van der Waals surface area (Å²) >= 11 is 0. The third-order valence-electron chi connectivity index (χ3n) is 6.12. The summed E-state index contributed by atoms with van der Waals surface area (Å²) in [4.78, 5) is 15.3. The van der Waals surface area contributed by atoms with Gasteiger partial charge in [-0.3, -0.25) is 4.79 Å². The molecule has 2 aromatic rings. The van der Waals surface area contributed by atoms with Crippen LogP contribution in [0.4, 0.5) is 4.39 Å². The van der Waals surface area contributed by atoms with E-state index in [9.17, 15) is 17.6 Å². The fourth-order valence-electron chi connectivity index (χ4n) is 4.42. The Morgan fingerprint density at radius 1 is 1.07 bits per heavy atom. The van der Waals surface area contributed by atoms with Crippen molar-refractivity contribution in [1.82, 2.24) is 9.21 Å². The van der Waals surface area contributed by atoms with Crippen LogP contribution in [0.25, 0.3) is 0 Å². The molecule has 0 aliphatic heterocycles. The number of nitrogens with zero attached hydrogens (tertiary/aromatic N) is 2. The van der Waals surface area contributed by atoms with Gasteiger partial charge in [-0.15, -0.1) is 0 Å². The van der Waals surface area contributed by atoms with Gasteiger partial charge in [-0.1, -0.05) is 38.1 Å². The highest BCUT2D eigenvalue weighted by Gasteiger charge is 2.41. The van der Waals surface area contributed by atoms with Gasteiger partial charge in [0, 0.05) is 19.1 Å². The highest BCUT2D eigenvalue weighted by Crippen LogP contribution is 2.42. The van der Waals surface area contributed by atoms with Gasteiger partial charge >= 0.3 is 0 Å². The van der Waals surface area contributed by atoms with E-state index in [1.165, 1.54) is 22.0 Å². The Labute approximate surface area is 177 Å². The SMILES string of the molecule is CCN(CC)S(=O)(=O)c1ccc(F)c(C(=O)N(C2CC2)C2CCc3ccccc32)c1. The molecule has 2 aromatic carbocycles. The molecule has 1 saturated carbocycles. The van der Waals surface area contributed by atoms with Gasteiger partial charge in [0.2, 0.25) is 10.0 Å². The molecule has 0 heterocycles. The lowest BCUT2D eigenvalue weighted by Crippen LogP contribution is -2.37. The van der Waals surface area contributed by atoms with Crippen LogP contribution < -0.4 is 0 Å². The normalized spacial score (nSPS) is 18.5. The molecule has 30 heavy (non-hydrogen) atoms. The minimum absolute atomic E-state index is 0.0430. The minimum Gasteiger partial charge on any atom is -0.329 e. The molecule has 1 atom stereocenters. The van der Waals surface area contributed by atoms with Crippen molar-refractivity contribution in [1.29, 1.82) is 0 Å². The first-order chi connectivity index (χ1) is 14.4. The Kier molecular flexibility index (Phi) is 5.68. The number of halogens is 1. The number of carbonyl (C=O) groups is 1. The monoisotopic (exact) mass is 430 g/mol. The average Bonchev–Trinajstić information content (AvgIpc) is 3.48. The first-order valence-corrected chi connectivity index (χ1v) is 12.0. The zero-order valence-electron chi connectivity index (χ0n) is 17.3. The Morgan fingerprint density at radius 2 is 1.77 bits per heavy atom. The van der Waals surface area contributed by atoms with Crippen LogP contribution in [0.5, 0.6) is 0 Å². The van der Waals surface area contributed by atoms with Gasteiger partial charge in [0.05, 0.1) is 16.5 Å². The van der Waals surface area contributed by atoms with Crippen LogP contribution in [-0.2, 0) is 16.4 Å². The van der Waals surface area contributed by atoms with Crippen molar-refractivity contribution >= 4 is 15.9 Å². The Bertz CT molecular complexity index is 1060. The zero-order valence-corrected chi connectivity index (χ0v) is 18.2. The number of fused-ring (bicyclic) bond motifs is 1. The molecular formula is C23H27FN2O3S. The van der Waals surface area contributed by atoms with Crippen LogP contribution in [0.2, 0.25) is 0 Å². The molecule has 0 aromatic heterocycles. The third-order valence-corrected chi connectivity index (χ3v) is 8.17. The molecule has 1 amide bonds. The standard InChI is InChI=1S/C23H27FN2O3S/c1-3-25(4-2)30(28,29)18-12-13-21(24)20(15-18)23(27)26(17-10-11-17)22-14-9-16-7-5-6-8-19(16)22/h5-8,12-13,15,17,22H,3-4,9-11,14H2,1-2H3. The highest BCUT2D eigenvalue weighted by atomic mass is 32.2. The molecule has 0 radical (unpaired) electrons. The summed E-state index contributed by atoms with van der Waals surface area (Å²) in [6.45, 7) is 4.13. The van der Waals surface area contributed by atoms with Crippen LogP contribution in [-0.4, -0.2) is 42.7 Å². The van der Waals surface area contributed by atoms with E-state index in [-0.39, 0.29) is 22.5 Å². The summed E-state index contributed by atoms with van der Waals surface area (Å²) in [7, 11) is -3.78. The van der Waals surface area contributed by atoms with Gasteiger partial charge in [0.25, 0.3) is 5.91 Å². The van der Waals surface area contributed by atoms with Crippen LogP contribution in [0.3, 0.4) is 0 Å². The molecule has 1 fully saturated rings. The predicted octanol–water partition coefficient (Wildman–Crippen LogP) is 4.15. The molecule has 160 valence electrons. The van der Waals surface area contributed by atoms with Crippen molar-refractivity contribution in [3.05, 3.63) is 65.0 Å². The second kappa shape index (κ2) is 8.12. The lowest BCUT2D eigenvalue weighted by Gasteiger charge is -2.30. The van der Waals surface area contributed by atoms with Gasteiger partial charge in [-0.05, 0) is 55.0 Å². The van der Waals surface area contributed by atoms with Gasteiger partial charge < -0.3 is 4.90 Å². The summed E-state index contributed by atoms with van der Waals surface area (Å²) in [5.41, 5.74) is 2.17. The molecule has 0 saturated heterocycles. The quantitative estimate of drug-likeness (QED) is 0.663. The van der Waals surface area contributed by atoms with E-state index in [4.69, 9.17) is 0 Å². The van der Waals surface area contributed by atoms with Gasteiger partial charge in [0.15, 0.2) is 0 Å². The van der Waals surface area contributed by atoms with Crippen molar-refractivity contribution in [2.75, 3.05) is 13.1 Å². The maximum atomic E-state index is 14.7. The lowest BCUT2D eigenvalue weighted by atomic mass is 10.0. The van der Waals surface area contributed by atoms with E-state index in [0.717, 1.165) is 37.3 Å². The van der Waals surface area contributed by atoms with E-state index >= 15 is 0 Å². The van der Waals surface area contributed by atoms with E-state index in [1.54, 1.807) is 18.7 Å². The number of aryl methyl sites for hydroxylation is 1. The molecule has 0 bridgehead atoms. The number of benzene rings is 2. The second-order valence-corrected chi connectivity index (χ2v) is 9.87. The first-order valence-electron chi connectivity index (χ1n) is 10.6. The molecule has 7 heteroatoms. The fraction of sp³-hybridized carbons (Fsp3) is 0.435. The smallest absolute Gasteiger partial charge is 0.257 e. The van der Waals surface area contributed by atoms with Crippen LogP contribution in [0, 0.1) is 5.82 Å². The molecule has 0 N–H and O–H groups in total. The number of carbonyl (C=O) groups excluding carboxylic acids is 1. The topological polar surface area (TPSA) is 57.7 Å². The summed E-state index contributed by atoms with van der Waals surface area (Å²) in [6, 6.07) is 11.6. The second-order valence-electron chi connectivity index (χ2n) is 7.93. The molecule has 4 rings (SSSR count). The van der Waals surface area contributed by atoms with Crippen molar-refractivity contribution in [2.45, 2.75) is 56.5 Å². The number of hydrogen-bond donors (Lipinski definition) is 0.